The van der Waals surface area contributed by atoms with Gasteiger partial charge in [0.1, 0.15) is 5.82 Å². The van der Waals surface area contributed by atoms with Crippen LogP contribution in [0.5, 0.6) is 0 Å². The number of fused-ring (bicyclic) bond motifs is 2. The monoisotopic (exact) mass is 311 g/mol. The minimum absolute atomic E-state index is 0.538. The summed E-state index contributed by atoms with van der Waals surface area (Å²) in [6.45, 7) is 10.4. The average molecular weight is 311 g/mol. The van der Waals surface area contributed by atoms with Gasteiger partial charge in [-0.25, -0.2) is 9.97 Å². The summed E-state index contributed by atoms with van der Waals surface area (Å²) in [5.41, 5.74) is 4.87. The zero-order valence-electron chi connectivity index (χ0n) is 14.8. The Morgan fingerprint density at radius 3 is 2.96 bits per heavy atom. The van der Waals surface area contributed by atoms with E-state index in [1.54, 1.807) is 5.57 Å². The number of nitrogens with zero attached hydrogens (tertiary/aromatic N) is 3. The highest BCUT2D eigenvalue weighted by atomic mass is 15.1. The molecule has 23 heavy (non-hydrogen) atoms. The Kier molecular flexibility index (Phi) is 3.79. The van der Waals surface area contributed by atoms with Gasteiger partial charge < -0.3 is 0 Å². The third-order valence-electron chi connectivity index (χ3n) is 6.53. The van der Waals surface area contributed by atoms with Crippen LogP contribution in [0.25, 0.3) is 0 Å². The number of aromatic nitrogens is 2. The van der Waals surface area contributed by atoms with Crippen molar-refractivity contribution in [3.63, 3.8) is 0 Å². The molecular weight excluding hydrogens is 282 g/mol. The first-order valence-corrected chi connectivity index (χ1v) is 9.33. The molecule has 1 saturated carbocycles. The van der Waals surface area contributed by atoms with Crippen LogP contribution in [-0.2, 0) is 19.4 Å². The summed E-state index contributed by atoms with van der Waals surface area (Å²) < 4.78 is 0. The topological polar surface area (TPSA) is 29.0 Å². The Morgan fingerprint density at radius 2 is 2.22 bits per heavy atom. The summed E-state index contributed by atoms with van der Waals surface area (Å²) in [6, 6.07) is 0. The van der Waals surface area contributed by atoms with Gasteiger partial charge in [-0.3, -0.25) is 4.90 Å². The molecule has 0 aromatic carbocycles. The highest BCUT2D eigenvalue weighted by molar-refractivity contribution is 5.26. The predicted octanol–water partition coefficient (Wildman–Crippen LogP) is 3.78. The van der Waals surface area contributed by atoms with Crippen LogP contribution in [-0.4, -0.2) is 28.0 Å². The quantitative estimate of drug-likeness (QED) is 0.792. The second-order valence-corrected chi connectivity index (χ2v) is 8.29. The summed E-state index contributed by atoms with van der Waals surface area (Å²) in [7, 11) is 0. The molecule has 0 saturated heterocycles. The number of hydrogen-bond acceptors (Lipinski definition) is 3. The van der Waals surface area contributed by atoms with Crippen molar-refractivity contribution in [1.82, 2.24) is 14.9 Å². The van der Waals surface area contributed by atoms with Gasteiger partial charge in [0.2, 0.25) is 0 Å². The third-order valence-corrected chi connectivity index (χ3v) is 6.53. The van der Waals surface area contributed by atoms with E-state index in [-0.39, 0.29) is 0 Å². The summed E-state index contributed by atoms with van der Waals surface area (Å²) in [4.78, 5) is 11.9. The minimum atomic E-state index is 0.538. The lowest BCUT2D eigenvalue weighted by Crippen LogP contribution is -2.50. The molecule has 1 aromatic rings. The van der Waals surface area contributed by atoms with E-state index < -0.39 is 0 Å². The molecule has 2 heterocycles. The van der Waals surface area contributed by atoms with Gasteiger partial charge in [-0.1, -0.05) is 32.4 Å². The first-order chi connectivity index (χ1) is 11.1. The Labute approximate surface area is 140 Å². The van der Waals surface area contributed by atoms with E-state index in [1.165, 1.54) is 24.1 Å². The van der Waals surface area contributed by atoms with Crippen LogP contribution in [0, 0.1) is 17.3 Å². The molecule has 0 radical (unpaired) electrons. The molecular formula is C20H29N3. The van der Waals surface area contributed by atoms with Crippen LogP contribution in [0.3, 0.4) is 0 Å². The average Bonchev–Trinajstić information content (AvgIpc) is 2.55. The lowest BCUT2D eigenvalue weighted by molar-refractivity contribution is -0.0110. The van der Waals surface area contributed by atoms with Gasteiger partial charge in [0.25, 0.3) is 0 Å². The van der Waals surface area contributed by atoms with Crippen LogP contribution in [0.2, 0.25) is 0 Å². The molecule has 124 valence electrons. The normalized spacial score (nSPS) is 28.7. The van der Waals surface area contributed by atoms with Crippen molar-refractivity contribution >= 4 is 0 Å². The molecule has 2 bridgehead atoms. The maximum absolute atomic E-state index is 4.78. The van der Waals surface area contributed by atoms with Gasteiger partial charge in [0.05, 0.1) is 0 Å². The summed E-state index contributed by atoms with van der Waals surface area (Å²) in [6.07, 6.45) is 10.6. The molecule has 1 fully saturated rings. The molecule has 1 aromatic heterocycles. The fourth-order valence-corrected chi connectivity index (χ4v) is 4.81. The van der Waals surface area contributed by atoms with Crippen molar-refractivity contribution in [1.29, 1.82) is 0 Å². The van der Waals surface area contributed by atoms with E-state index in [4.69, 9.17) is 4.98 Å². The molecule has 0 amide bonds. The fourth-order valence-electron chi connectivity index (χ4n) is 4.81. The summed E-state index contributed by atoms with van der Waals surface area (Å²) in [5, 5.41) is 0. The second-order valence-electron chi connectivity index (χ2n) is 8.29. The molecule has 3 nitrogen and oxygen atoms in total. The molecule has 1 aliphatic heterocycles. The second kappa shape index (κ2) is 5.70. The van der Waals surface area contributed by atoms with E-state index in [0.717, 1.165) is 56.6 Å². The molecule has 3 aliphatic carbocycles. The predicted molar refractivity (Wildman–Crippen MR) is 93.1 cm³/mol. The number of rotatable bonds is 4. The van der Waals surface area contributed by atoms with Crippen molar-refractivity contribution in [3.8, 4) is 0 Å². The SMILES string of the molecule is CCCc1ncc2c(n1)CCN(CC1=CCC3CC1C3(C)C)C2. The van der Waals surface area contributed by atoms with E-state index in [2.05, 4.69) is 42.9 Å². The highest BCUT2D eigenvalue weighted by Crippen LogP contribution is 2.59. The molecule has 2 atom stereocenters. The zero-order valence-corrected chi connectivity index (χ0v) is 14.8. The number of allylic oxidation sites excluding steroid dienone is 1. The van der Waals surface area contributed by atoms with Gasteiger partial charge in [0, 0.05) is 49.9 Å². The first-order valence-electron chi connectivity index (χ1n) is 9.33. The van der Waals surface area contributed by atoms with Crippen molar-refractivity contribution < 1.29 is 0 Å². The molecule has 3 heteroatoms. The fraction of sp³-hybridized carbons (Fsp3) is 0.700. The molecule has 4 aliphatic rings. The molecule has 0 spiro atoms. The number of aryl methyl sites for hydroxylation is 1. The van der Waals surface area contributed by atoms with Gasteiger partial charge in [0.15, 0.2) is 0 Å². The van der Waals surface area contributed by atoms with Gasteiger partial charge in [-0.15, -0.1) is 0 Å². The molecule has 0 N–H and O–H groups in total. The smallest absolute Gasteiger partial charge is 0.128 e. The minimum Gasteiger partial charge on any atom is -0.295 e. The van der Waals surface area contributed by atoms with Gasteiger partial charge in [-0.05, 0) is 36.5 Å². The van der Waals surface area contributed by atoms with Crippen LogP contribution in [0.4, 0.5) is 0 Å². The Morgan fingerprint density at radius 1 is 1.35 bits per heavy atom. The Hall–Kier alpha value is -1.22. The van der Waals surface area contributed by atoms with Crippen molar-refractivity contribution in [2.45, 2.75) is 59.4 Å². The van der Waals surface area contributed by atoms with E-state index >= 15 is 0 Å². The molecule has 5 rings (SSSR count). The Bertz CT molecular complexity index is 632. The lowest BCUT2D eigenvalue weighted by atomic mass is 9.49. The van der Waals surface area contributed by atoms with Crippen molar-refractivity contribution in [2.24, 2.45) is 17.3 Å². The summed E-state index contributed by atoms with van der Waals surface area (Å²) in [5.74, 6) is 2.78. The standard InChI is InChI=1S/C20H29N3/c1-4-5-19-21-11-15-13-23(9-8-18(15)22-19)12-14-6-7-16-10-17(14)20(16,2)3/h6,11,16-17H,4-5,7-10,12-13H2,1-3H3. The van der Waals surface area contributed by atoms with Crippen molar-refractivity contribution in [2.75, 3.05) is 13.1 Å². The maximum Gasteiger partial charge on any atom is 0.128 e. The van der Waals surface area contributed by atoms with Crippen molar-refractivity contribution in [3.05, 3.63) is 34.9 Å². The zero-order chi connectivity index (χ0) is 16.0. The summed E-state index contributed by atoms with van der Waals surface area (Å²) >= 11 is 0. The van der Waals surface area contributed by atoms with Crippen LogP contribution < -0.4 is 0 Å². The maximum atomic E-state index is 4.78. The van der Waals surface area contributed by atoms with E-state index in [1.807, 2.05) is 0 Å². The third kappa shape index (κ3) is 2.63. The van der Waals surface area contributed by atoms with Gasteiger partial charge >= 0.3 is 0 Å². The van der Waals surface area contributed by atoms with Crippen LogP contribution in [0.15, 0.2) is 17.8 Å². The van der Waals surface area contributed by atoms with Crippen LogP contribution in [0.1, 0.15) is 57.1 Å². The largest absolute Gasteiger partial charge is 0.295 e. The van der Waals surface area contributed by atoms with E-state index in [9.17, 15) is 0 Å². The van der Waals surface area contributed by atoms with Crippen LogP contribution >= 0.6 is 0 Å². The Balaban J connectivity index is 1.44. The number of hydrogen-bond donors (Lipinski definition) is 0. The van der Waals surface area contributed by atoms with Gasteiger partial charge in [-0.2, -0.15) is 0 Å². The molecule has 2 unspecified atom stereocenters. The lowest BCUT2D eigenvalue weighted by Gasteiger charge is -2.57. The van der Waals surface area contributed by atoms with E-state index in [0.29, 0.717) is 5.41 Å². The highest BCUT2D eigenvalue weighted by Gasteiger charge is 2.51. The first kappa shape index (κ1) is 15.3.